The largest absolute Gasteiger partial charge is 0.494 e. The van der Waals surface area contributed by atoms with E-state index in [0.717, 1.165) is 61.3 Å². The van der Waals surface area contributed by atoms with Gasteiger partial charge < -0.3 is 23.7 Å². The molecule has 3 aromatic rings. The number of hydrogen-bond acceptors (Lipinski definition) is 5. The lowest BCUT2D eigenvalue weighted by Gasteiger charge is -2.36. The Morgan fingerprint density at radius 2 is 1.72 bits per heavy atom. The van der Waals surface area contributed by atoms with Crippen LogP contribution >= 0.6 is 11.6 Å². The van der Waals surface area contributed by atoms with Crippen molar-refractivity contribution in [2.75, 3.05) is 26.4 Å². The molecule has 3 atom stereocenters. The Hall–Kier alpha value is -2.57. The van der Waals surface area contributed by atoms with Crippen molar-refractivity contribution in [3.8, 4) is 11.5 Å². The van der Waals surface area contributed by atoms with Gasteiger partial charge in [-0.3, -0.25) is 0 Å². The summed E-state index contributed by atoms with van der Waals surface area (Å²) in [5, 5.41) is 0.708. The summed E-state index contributed by atoms with van der Waals surface area (Å²) in [4.78, 5) is 0. The SMILES string of the molecule is CCOc1ccc(Cc2cc3c(cc2Cl)OCCCCCOCC2CC(OCc4ccccc4)CC3O2)cc1. The highest BCUT2D eigenvalue weighted by atomic mass is 35.5. The smallest absolute Gasteiger partial charge is 0.126 e. The number of hydrogen-bond donors (Lipinski definition) is 0. The molecule has 1 saturated heterocycles. The van der Waals surface area contributed by atoms with Gasteiger partial charge in [-0.05, 0) is 73.6 Å². The molecule has 1 fully saturated rings. The first kappa shape index (κ1) is 28.0. The zero-order valence-corrected chi connectivity index (χ0v) is 23.5. The summed E-state index contributed by atoms with van der Waals surface area (Å²) in [5.41, 5.74) is 4.44. The maximum absolute atomic E-state index is 6.83. The summed E-state index contributed by atoms with van der Waals surface area (Å²) < 4.78 is 31.0. The predicted molar refractivity (Wildman–Crippen MR) is 154 cm³/mol. The van der Waals surface area contributed by atoms with Crippen LogP contribution in [0.1, 0.15) is 67.4 Å². The van der Waals surface area contributed by atoms with Gasteiger partial charge in [-0.15, -0.1) is 0 Å². The van der Waals surface area contributed by atoms with Crippen molar-refractivity contribution >= 4 is 11.6 Å². The lowest BCUT2D eigenvalue weighted by molar-refractivity contribution is -0.141. The van der Waals surface area contributed by atoms with Gasteiger partial charge in [0, 0.05) is 30.0 Å². The summed E-state index contributed by atoms with van der Waals surface area (Å²) >= 11 is 6.83. The van der Waals surface area contributed by atoms with Crippen LogP contribution in [-0.2, 0) is 27.2 Å². The number of halogens is 1. The summed E-state index contributed by atoms with van der Waals surface area (Å²) in [6, 6.07) is 22.7. The van der Waals surface area contributed by atoms with Crippen molar-refractivity contribution < 1.29 is 23.7 Å². The fourth-order valence-corrected chi connectivity index (χ4v) is 5.53. The topological polar surface area (TPSA) is 46.2 Å². The molecular formula is C33H39ClO5. The molecule has 2 heterocycles. The van der Waals surface area contributed by atoms with Crippen LogP contribution in [0.2, 0.25) is 5.02 Å². The highest BCUT2D eigenvalue weighted by Gasteiger charge is 2.33. The summed E-state index contributed by atoms with van der Waals surface area (Å²) in [6.07, 6.45) is 5.19. The maximum atomic E-state index is 6.83. The van der Waals surface area contributed by atoms with Crippen LogP contribution in [0.25, 0.3) is 0 Å². The van der Waals surface area contributed by atoms with Crippen molar-refractivity contribution in [1.82, 2.24) is 0 Å². The van der Waals surface area contributed by atoms with E-state index in [9.17, 15) is 0 Å². The number of benzene rings is 3. The summed E-state index contributed by atoms with van der Waals surface area (Å²) in [7, 11) is 0. The third-order valence-corrected chi connectivity index (χ3v) is 7.69. The Balaban J connectivity index is 1.40. The molecular weight excluding hydrogens is 512 g/mol. The van der Waals surface area contributed by atoms with E-state index in [1.165, 1.54) is 11.1 Å². The van der Waals surface area contributed by atoms with Crippen molar-refractivity contribution in [1.29, 1.82) is 0 Å². The van der Waals surface area contributed by atoms with Crippen LogP contribution in [-0.4, -0.2) is 38.6 Å². The molecule has 3 aromatic carbocycles. The molecule has 0 N–H and O–H groups in total. The first-order valence-electron chi connectivity index (χ1n) is 14.2. The molecule has 0 spiro atoms. The van der Waals surface area contributed by atoms with Crippen LogP contribution in [0.4, 0.5) is 0 Å². The highest BCUT2D eigenvalue weighted by Crippen LogP contribution is 2.41. The average Bonchev–Trinajstić information content (AvgIpc) is 2.97. The molecule has 6 heteroatoms. The molecule has 5 rings (SSSR count). The second-order valence-electron chi connectivity index (χ2n) is 10.4. The van der Waals surface area contributed by atoms with Crippen LogP contribution in [0.15, 0.2) is 66.7 Å². The van der Waals surface area contributed by atoms with E-state index in [1.807, 2.05) is 43.3 Å². The van der Waals surface area contributed by atoms with Crippen molar-refractivity contribution in [2.45, 2.75) is 70.4 Å². The fourth-order valence-electron chi connectivity index (χ4n) is 5.30. The van der Waals surface area contributed by atoms with Crippen molar-refractivity contribution in [3.63, 3.8) is 0 Å². The zero-order chi connectivity index (χ0) is 26.9. The molecule has 2 aliphatic heterocycles. The van der Waals surface area contributed by atoms with E-state index >= 15 is 0 Å². The Labute approximate surface area is 237 Å². The molecule has 39 heavy (non-hydrogen) atoms. The minimum absolute atomic E-state index is 0.0386. The van der Waals surface area contributed by atoms with Crippen LogP contribution < -0.4 is 9.47 Å². The summed E-state index contributed by atoms with van der Waals surface area (Å²) in [5.74, 6) is 1.68. The second-order valence-corrected chi connectivity index (χ2v) is 10.8. The molecule has 0 amide bonds. The van der Waals surface area contributed by atoms with Crippen LogP contribution in [0, 0.1) is 0 Å². The van der Waals surface area contributed by atoms with E-state index in [-0.39, 0.29) is 18.3 Å². The molecule has 2 aliphatic rings. The Bertz CT molecular complexity index is 1170. The van der Waals surface area contributed by atoms with E-state index in [2.05, 4.69) is 30.3 Å². The minimum atomic E-state index is -0.166. The Morgan fingerprint density at radius 3 is 2.54 bits per heavy atom. The third kappa shape index (κ3) is 7.98. The first-order chi connectivity index (χ1) is 19.2. The van der Waals surface area contributed by atoms with Crippen LogP contribution in [0.5, 0.6) is 11.5 Å². The summed E-state index contributed by atoms with van der Waals surface area (Å²) in [6.45, 7) is 5.18. The minimum Gasteiger partial charge on any atom is -0.494 e. The highest BCUT2D eigenvalue weighted by molar-refractivity contribution is 6.31. The Kier molecular flexibility index (Phi) is 10.2. The Morgan fingerprint density at radius 1 is 0.897 bits per heavy atom. The third-order valence-electron chi connectivity index (χ3n) is 7.34. The number of ether oxygens (including phenoxy) is 5. The molecule has 3 unspecified atom stereocenters. The maximum Gasteiger partial charge on any atom is 0.126 e. The van der Waals surface area contributed by atoms with Gasteiger partial charge in [0.1, 0.15) is 11.5 Å². The monoisotopic (exact) mass is 550 g/mol. The molecule has 2 bridgehead atoms. The van der Waals surface area contributed by atoms with E-state index in [0.29, 0.717) is 37.9 Å². The van der Waals surface area contributed by atoms with Crippen LogP contribution in [0.3, 0.4) is 0 Å². The van der Waals surface area contributed by atoms with E-state index in [1.54, 1.807) is 0 Å². The fraction of sp³-hybridized carbons (Fsp3) is 0.455. The zero-order valence-electron chi connectivity index (χ0n) is 22.8. The predicted octanol–water partition coefficient (Wildman–Crippen LogP) is 7.71. The second kappa shape index (κ2) is 14.2. The molecule has 5 nitrogen and oxygen atoms in total. The molecule has 208 valence electrons. The lowest BCUT2D eigenvalue weighted by Crippen LogP contribution is -2.36. The number of fused-ring (bicyclic) bond motifs is 4. The van der Waals surface area contributed by atoms with Gasteiger partial charge in [0.25, 0.3) is 0 Å². The first-order valence-corrected chi connectivity index (χ1v) is 14.6. The lowest BCUT2D eigenvalue weighted by atomic mass is 9.93. The van der Waals surface area contributed by atoms with Gasteiger partial charge in [0.2, 0.25) is 0 Å². The number of rotatable bonds is 7. The van der Waals surface area contributed by atoms with Crippen molar-refractivity contribution in [2.24, 2.45) is 0 Å². The van der Waals surface area contributed by atoms with E-state index < -0.39 is 0 Å². The molecule has 0 radical (unpaired) electrons. The van der Waals surface area contributed by atoms with Gasteiger partial charge in [-0.1, -0.05) is 54.1 Å². The van der Waals surface area contributed by atoms with Gasteiger partial charge in [0.15, 0.2) is 0 Å². The molecule has 0 aromatic heterocycles. The van der Waals surface area contributed by atoms with Gasteiger partial charge in [-0.25, -0.2) is 0 Å². The normalized spacial score (nSPS) is 21.9. The molecule has 0 aliphatic carbocycles. The molecule has 0 saturated carbocycles. The van der Waals surface area contributed by atoms with E-state index in [4.69, 9.17) is 35.3 Å². The van der Waals surface area contributed by atoms with Gasteiger partial charge >= 0.3 is 0 Å². The average molecular weight is 551 g/mol. The quantitative estimate of drug-likeness (QED) is 0.301. The van der Waals surface area contributed by atoms with Gasteiger partial charge in [-0.2, -0.15) is 0 Å². The van der Waals surface area contributed by atoms with Crippen molar-refractivity contribution in [3.05, 3.63) is 94.0 Å². The van der Waals surface area contributed by atoms with Gasteiger partial charge in [0.05, 0.1) is 44.7 Å². The standard InChI is InChI=1S/C33H39ClO5/c1-2-36-27-13-11-24(12-14-27)17-26-18-30-32(21-31(26)34)37-16-8-4-7-15-35-23-29-19-28(20-33(30)39-29)38-22-25-9-5-3-6-10-25/h3,5-6,9-14,18,21,28-29,33H,2,4,7-8,15-17,19-20,22-23H2,1H3.